The van der Waals surface area contributed by atoms with Gasteiger partial charge in [-0.2, -0.15) is 0 Å². The van der Waals surface area contributed by atoms with Crippen LogP contribution in [0.5, 0.6) is 0 Å². The Hall–Kier alpha value is -1.13. The number of β-amino-alcohol motifs (C(OH)–C–C–N with tert-alkyl or cyclic N) is 1. The van der Waals surface area contributed by atoms with Crippen LogP contribution in [0, 0.1) is 5.92 Å². The maximum absolute atomic E-state index is 10.4. The minimum Gasteiger partial charge on any atom is -0.392 e. The summed E-state index contributed by atoms with van der Waals surface area (Å²) in [6.45, 7) is 4.92. The highest BCUT2D eigenvalue weighted by molar-refractivity contribution is 5.38. The normalized spacial score (nSPS) is 23.2. The molecule has 2 heterocycles. The molecule has 21 heavy (non-hydrogen) atoms. The quantitative estimate of drug-likeness (QED) is 0.922. The van der Waals surface area contributed by atoms with Crippen molar-refractivity contribution in [3.8, 4) is 0 Å². The van der Waals surface area contributed by atoms with Crippen LogP contribution in [-0.2, 0) is 0 Å². The van der Waals surface area contributed by atoms with Crippen molar-refractivity contribution in [3.05, 3.63) is 24.4 Å². The van der Waals surface area contributed by atoms with Gasteiger partial charge in [0.2, 0.25) is 0 Å². The van der Waals surface area contributed by atoms with Gasteiger partial charge < -0.3 is 10.0 Å². The molecule has 1 unspecified atom stereocenters. The molecule has 0 radical (unpaired) electrons. The van der Waals surface area contributed by atoms with E-state index in [0.29, 0.717) is 5.92 Å². The molecule has 1 N–H and O–H groups in total. The average molecular weight is 289 g/mol. The average Bonchev–Trinajstić information content (AvgIpc) is 2.57. The van der Waals surface area contributed by atoms with Crippen molar-refractivity contribution in [1.82, 2.24) is 9.88 Å². The van der Waals surface area contributed by atoms with E-state index in [1.165, 1.54) is 32.1 Å². The zero-order valence-corrected chi connectivity index (χ0v) is 12.8. The molecular weight excluding hydrogens is 262 g/mol. The van der Waals surface area contributed by atoms with Crippen molar-refractivity contribution < 1.29 is 5.11 Å². The lowest BCUT2D eigenvalue weighted by Crippen LogP contribution is -2.49. The van der Waals surface area contributed by atoms with Crippen molar-refractivity contribution in [2.75, 3.05) is 37.6 Å². The van der Waals surface area contributed by atoms with Crippen LogP contribution in [0.4, 0.5) is 5.82 Å². The molecule has 3 rings (SSSR count). The molecule has 0 bridgehead atoms. The van der Waals surface area contributed by atoms with Gasteiger partial charge in [-0.25, -0.2) is 4.98 Å². The van der Waals surface area contributed by atoms with Gasteiger partial charge in [0, 0.05) is 38.9 Å². The van der Waals surface area contributed by atoms with Crippen LogP contribution in [0.1, 0.15) is 32.1 Å². The molecule has 0 aromatic carbocycles. The molecule has 1 saturated heterocycles. The minimum absolute atomic E-state index is 0.133. The summed E-state index contributed by atoms with van der Waals surface area (Å²) in [7, 11) is 0. The second-order valence-corrected chi connectivity index (χ2v) is 6.44. The monoisotopic (exact) mass is 289 g/mol. The standard InChI is InChI=1S/C17H27N3O/c21-16(15-6-2-1-3-7-15)14-19-10-12-20(13-11-19)17-8-4-5-9-18-17/h4-5,8-9,15-16,21H,1-3,6-7,10-14H2. The van der Waals surface area contributed by atoms with Gasteiger partial charge in [0.1, 0.15) is 5.82 Å². The number of aliphatic hydroxyl groups is 1. The molecular formula is C17H27N3O. The lowest BCUT2D eigenvalue weighted by atomic mass is 9.85. The summed E-state index contributed by atoms with van der Waals surface area (Å²) < 4.78 is 0. The number of pyridine rings is 1. The Morgan fingerprint density at radius 3 is 2.52 bits per heavy atom. The number of rotatable bonds is 4. The van der Waals surface area contributed by atoms with E-state index < -0.39 is 0 Å². The van der Waals surface area contributed by atoms with E-state index in [4.69, 9.17) is 0 Å². The van der Waals surface area contributed by atoms with Crippen LogP contribution in [0.2, 0.25) is 0 Å². The Balaban J connectivity index is 1.45. The molecule has 1 aromatic rings. The summed E-state index contributed by atoms with van der Waals surface area (Å²) in [4.78, 5) is 9.17. The molecule has 0 spiro atoms. The Morgan fingerprint density at radius 1 is 1.10 bits per heavy atom. The minimum atomic E-state index is -0.133. The molecule has 2 aliphatic rings. The van der Waals surface area contributed by atoms with Crippen LogP contribution in [-0.4, -0.2) is 53.8 Å². The molecule has 2 fully saturated rings. The van der Waals surface area contributed by atoms with Gasteiger partial charge in [0.05, 0.1) is 6.10 Å². The van der Waals surface area contributed by atoms with Crippen LogP contribution in [0.3, 0.4) is 0 Å². The van der Waals surface area contributed by atoms with E-state index in [-0.39, 0.29) is 6.10 Å². The maximum atomic E-state index is 10.4. The van der Waals surface area contributed by atoms with Gasteiger partial charge in [-0.1, -0.05) is 25.3 Å². The van der Waals surface area contributed by atoms with Gasteiger partial charge in [0.15, 0.2) is 0 Å². The van der Waals surface area contributed by atoms with E-state index in [9.17, 15) is 5.11 Å². The fourth-order valence-electron chi connectivity index (χ4n) is 3.63. The van der Waals surface area contributed by atoms with Gasteiger partial charge in [-0.3, -0.25) is 4.90 Å². The van der Waals surface area contributed by atoms with E-state index in [1.54, 1.807) is 0 Å². The highest BCUT2D eigenvalue weighted by Crippen LogP contribution is 2.27. The van der Waals surface area contributed by atoms with E-state index in [2.05, 4.69) is 20.9 Å². The van der Waals surface area contributed by atoms with Gasteiger partial charge in [-0.15, -0.1) is 0 Å². The highest BCUT2D eigenvalue weighted by atomic mass is 16.3. The summed E-state index contributed by atoms with van der Waals surface area (Å²) in [5, 5.41) is 10.4. The molecule has 0 amide bonds. The highest BCUT2D eigenvalue weighted by Gasteiger charge is 2.25. The summed E-state index contributed by atoms with van der Waals surface area (Å²) in [6, 6.07) is 6.08. The molecule has 1 atom stereocenters. The number of piperazine rings is 1. The Labute approximate surface area is 127 Å². The van der Waals surface area contributed by atoms with Crippen molar-refractivity contribution in [2.24, 2.45) is 5.92 Å². The van der Waals surface area contributed by atoms with Gasteiger partial charge >= 0.3 is 0 Å². The predicted octanol–water partition coefficient (Wildman–Crippen LogP) is 2.14. The molecule has 1 aliphatic carbocycles. The van der Waals surface area contributed by atoms with Crippen LogP contribution in [0.15, 0.2) is 24.4 Å². The Bertz CT molecular complexity index is 411. The molecule has 4 heteroatoms. The van der Waals surface area contributed by atoms with Crippen LogP contribution >= 0.6 is 0 Å². The topological polar surface area (TPSA) is 39.6 Å². The lowest BCUT2D eigenvalue weighted by Gasteiger charge is -2.37. The second-order valence-electron chi connectivity index (χ2n) is 6.44. The summed E-state index contributed by atoms with van der Waals surface area (Å²) in [5.74, 6) is 1.61. The number of aromatic nitrogens is 1. The molecule has 4 nitrogen and oxygen atoms in total. The number of nitrogens with zero attached hydrogens (tertiary/aromatic N) is 3. The molecule has 1 aliphatic heterocycles. The van der Waals surface area contributed by atoms with Crippen LogP contribution in [0.25, 0.3) is 0 Å². The van der Waals surface area contributed by atoms with E-state index in [0.717, 1.165) is 38.5 Å². The number of anilines is 1. The number of hydrogen-bond acceptors (Lipinski definition) is 4. The predicted molar refractivity (Wildman–Crippen MR) is 85.5 cm³/mol. The third-order valence-electron chi connectivity index (χ3n) is 4.98. The first-order valence-electron chi connectivity index (χ1n) is 8.39. The SMILES string of the molecule is OC(CN1CCN(c2ccccn2)CC1)C1CCCCC1. The zero-order valence-electron chi connectivity index (χ0n) is 12.8. The molecule has 1 saturated carbocycles. The van der Waals surface area contributed by atoms with E-state index >= 15 is 0 Å². The van der Waals surface area contributed by atoms with Gasteiger partial charge in [0.25, 0.3) is 0 Å². The summed E-state index contributed by atoms with van der Waals surface area (Å²) in [5.41, 5.74) is 0. The zero-order chi connectivity index (χ0) is 14.5. The molecule has 1 aromatic heterocycles. The second kappa shape index (κ2) is 7.23. The fourth-order valence-corrected chi connectivity index (χ4v) is 3.63. The van der Waals surface area contributed by atoms with E-state index in [1.807, 2.05) is 18.3 Å². The molecule has 116 valence electrons. The largest absolute Gasteiger partial charge is 0.392 e. The first kappa shape index (κ1) is 14.8. The van der Waals surface area contributed by atoms with Crippen molar-refractivity contribution in [2.45, 2.75) is 38.2 Å². The van der Waals surface area contributed by atoms with Crippen molar-refractivity contribution in [3.63, 3.8) is 0 Å². The first-order valence-corrected chi connectivity index (χ1v) is 8.39. The fraction of sp³-hybridized carbons (Fsp3) is 0.706. The number of hydrogen-bond donors (Lipinski definition) is 1. The smallest absolute Gasteiger partial charge is 0.128 e. The van der Waals surface area contributed by atoms with Crippen LogP contribution < -0.4 is 4.90 Å². The Morgan fingerprint density at radius 2 is 1.86 bits per heavy atom. The maximum Gasteiger partial charge on any atom is 0.128 e. The lowest BCUT2D eigenvalue weighted by molar-refractivity contribution is 0.0459. The van der Waals surface area contributed by atoms with Gasteiger partial charge in [-0.05, 0) is 30.9 Å². The Kier molecular flexibility index (Phi) is 5.09. The first-order chi connectivity index (χ1) is 10.3. The summed E-state index contributed by atoms with van der Waals surface area (Å²) >= 11 is 0. The third-order valence-corrected chi connectivity index (χ3v) is 4.98. The van der Waals surface area contributed by atoms with Crippen molar-refractivity contribution in [1.29, 1.82) is 0 Å². The van der Waals surface area contributed by atoms with Crippen molar-refractivity contribution >= 4 is 5.82 Å². The number of aliphatic hydroxyl groups excluding tert-OH is 1. The third kappa shape index (κ3) is 3.95. The summed E-state index contributed by atoms with van der Waals surface area (Å²) in [6.07, 6.45) is 8.11.